The normalized spacial score (nSPS) is 53.7. The Kier molecular flexibility index (Phi) is 3.75. The number of aliphatic hydroxyl groups is 1. The molecule has 4 aliphatic carbocycles. The molecule has 0 aromatic rings. The highest BCUT2D eigenvalue weighted by atomic mass is 16.3. The summed E-state index contributed by atoms with van der Waals surface area (Å²) in [6.45, 7) is 6.54. The van der Waals surface area contributed by atoms with Gasteiger partial charge >= 0.3 is 0 Å². The Morgan fingerprint density at radius 3 is 2.68 bits per heavy atom. The quantitative estimate of drug-likeness (QED) is 0.664. The summed E-state index contributed by atoms with van der Waals surface area (Å²) in [4.78, 5) is 13.4. The molecule has 136 valence electrons. The summed E-state index contributed by atoms with van der Waals surface area (Å²) in [7, 11) is 0. The van der Waals surface area contributed by atoms with Crippen LogP contribution in [-0.2, 0) is 4.79 Å². The van der Waals surface area contributed by atoms with E-state index in [-0.39, 0.29) is 16.7 Å². The van der Waals surface area contributed by atoms with E-state index in [0.717, 1.165) is 44.9 Å². The van der Waals surface area contributed by atoms with Crippen molar-refractivity contribution < 1.29 is 9.90 Å². The van der Waals surface area contributed by atoms with Gasteiger partial charge in [-0.25, -0.2) is 0 Å². The van der Waals surface area contributed by atoms with Crippen molar-refractivity contribution in [2.24, 2.45) is 34.5 Å². The zero-order valence-corrected chi connectivity index (χ0v) is 15.8. The van der Waals surface area contributed by atoms with E-state index in [9.17, 15) is 9.90 Å². The molecule has 7 atom stereocenters. The lowest BCUT2D eigenvalue weighted by Gasteiger charge is -2.60. The van der Waals surface area contributed by atoms with Crippen LogP contribution < -0.4 is 0 Å². The molecule has 4 rings (SSSR count). The number of rotatable bonds is 0. The van der Waals surface area contributed by atoms with Gasteiger partial charge in [0.15, 0.2) is 0 Å². The van der Waals surface area contributed by atoms with Crippen LogP contribution in [-0.4, -0.2) is 16.5 Å². The van der Waals surface area contributed by atoms with Crippen LogP contribution in [0.2, 0.25) is 0 Å². The van der Waals surface area contributed by atoms with E-state index >= 15 is 0 Å². The Morgan fingerprint density at radius 2 is 1.96 bits per heavy atom. The number of hydrogen-bond acceptors (Lipinski definition) is 3. The first-order valence-electron chi connectivity index (χ1n) is 10.1. The van der Waals surface area contributed by atoms with E-state index < -0.39 is 5.60 Å². The van der Waals surface area contributed by atoms with Crippen molar-refractivity contribution in [2.45, 2.75) is 77.7 Å². The minimum absolute atomic E-state index is 0.0608. The van der Waals surface area contributed by atoms with Crippen LogP contribution in [0.15, 0.2) is 11.6 Å². The lowest BCUT2D eigenvalue weighted by molar-refractivity contribution is -0.163. The molecule has 0 spiro atoms. The molecule has 4 saturated carbocycles. The second-order valence-corrected chi connectivity index (χ2v) is 10.1. The minimum Gasteiger partial charge on any atom is -0.390 e. The number of allylic oxidation sites excluding steroid dienone is 2. The predicted octanol–water partition coefficient (Wildman–Crippen LogP) is 4.41. The first kappa shape index (κ1) is 17.3. The topological polar surface area (TPSA) is 61.1 Å². The SMILES string of the molecule is CC1(O)CCC2(C)C(CCC3C4CCC(=CC#N)C4(C)CC(=O)C32)C1. The van der Waals surface area contributed by atoms with E-state index in [1.54, 1.807) is 6.08 Å². The number of ketones is 1. The predicted molar refractivity (Wildman–Crippen MR) is 96.4 cm³/mol. The Hall–Kier alpha value is -1.14. The van der Waals surface area contributed by atoms with Crippen molar-refractivity contribution in [3.05, 3.63) is 11.6 Å². The van der Waals surface area contributed by atoms with Gasteiger partial charge in [0.25, 0.3) is 0 Å². The summed E-state index contributed by atoms with van der Waals surface area (Å²) in [5.41, 5.74) is 0.632. The molecule has 0 radical (unpaired) electrons. The molecule has 4 aliphatic rings. The average Bonchev–Trinajstić information content (AvgIpc) is 2.84. The van der Waals surface area contributed by atoms with E-state index in [1.807, 2.05) is 6.92 Å². The van der Waals surface area contributed by atoms with E-state index in [2.05, 4.69) is 19.9 Å². The summed E-state index contributed by atoms with van der Waals surface area (Å²) in [6.07, 6.45) is 9.36. The number of nitriles is 1. The van der Waals surface area contributed by atoms with Crippen LogP contribution in [0.1, 0.15) is 72.1 Å². The van der Waals surface area contributed by atoms with Crippen LogP contribution in [0.3, 0.4) is 0 Å². The zero-order valence-electron chi connectivity index (χ0n) is 15.8. The molecular formula is C22H31NO2. The fourth-order valence-electron chi connectivity index (χ4n) is 7.41. The van der Waals surface area contributed by atoms with Gasteiger partial charge in [-0.3, -0.25) is 4.79 Å². The fourth-order valence-corrected chi connectivity index (χ4v) is 7.41. The maximum Gasteiger partial charge on any atom is 0.137 e. The number of carbonyl (C=O) groups excluding carboxylic acids is 1. The molecule has 0 aromatic carbocycles. The van der Waals surface area contributed by atoms with Crippen LogP contribution >= 0.6 is 0 Å². The van der Waals surface area contributed by atoms with Crippen molar-refractivity contribution >= 4 is 5.78 Å². The third kappa shape index (κ3) is 2.36. The zero-order chi connectivity index (χ0) is 18.0. The highest BCUT2D eigenvalue weighted by Crippen LogP contribution is 2.66. The number of fused-ring (bicyclic) bond motifs is 5. The van der Waals surface area contributed by atoms with E-state index in [0.29, 0.717) is 30.0 Å². The molecule has 3 nitrogen and oxygen atoms in total. The first-order chi connectivity index (χ1) is 11.7. The molecule has 25 heavy (non-hydrogen) atoms. The third-order valence-electron chi connectivity index (χ3n) is 8.73. The van der Waals surface area contributed by atoms with E-state index in [1.165, 1.54) is 5.57 Å². The van der Waals surface area contributed by atoms with Gasteiger partial charge in [-0.15, -0.1) is 0 Å². The molecule has 0 bridgehead atoms. The first-order valence-corrected chi connectivity index (χ1v) is 10.1. The molecule has 0 heterocycles. The molecule has 1 N–H and O–H groups in total. The summed E-state index contributed by atoms with van der Waals surface area (Å²) in [5, 5.41) is 19.7. The van der Waals surface area contributed by atoms with Gasteiger partial charge in [-0.05, 0) is 80.5 Å². The minimum atomic E-state index is -0.556. The lowest BCUT2D eigenvalue weighted by Crippen LogP contribution is -2.58. The molecule has 0 aromatic heterocycles. The van der Waals surface area contributed by atoms with Gasteiger partial charge in [0.1, 0.15) is 5.78 Å². The van der Waals surface area contributed by atoms with Gasteiger partial charge < -0.3 is 5.11 Å². The second-order valence-electron chi connectivity index (χ2n) is 10.1. The third-order valence-corrected chi connectivity index (χ3v) is 8.73. The van der Waals surface area contributed by atoms with Crippen molar-refractivity contribution in [3.8, 4) is 6.07 Å². The van der Waals surface area contributed by atoms with Crippen LogP contribution in [0.4, 0.5) is 0 Å². The lowest BCUT2D eigenvalue weighted by atomic mass is 9.44. The molecular weight excluding hydrogens is 310 g/mol. The standard InChI is InChI=1S/C22H31NO2/c1-20(25)9-10-21(2)15(12-20)4-6-16-17-7-5-14(8-11-23)22(17,3)13-18(24)19(16)21/h8,15-17,19,25H,4-7,9-10,12-13H2,1-3H3. The van der Waals surface area contributed by atoms with Crippen molar-refractivity contribution in [3.63, 3.8) is 0 Å². The smallest absolute Gasteiger partial charge is 0.137 e. The number of hydrogen-bond donors (Lipinski definition) is 1. The van der Waals surface area contributed by atoms with Crippen LogP contribution in [0, 0.1) is 45.8 Å². The van der Waals surface area contributed by atoms with Gasteiger partial charge in [-0.1, -0.05) is 19.4 Å². The van der Waals surface area contributed by atoms with Crippen LogP contribution in [0.25, 0.3) is 0 Å². The van der Waals surface area contributed by atoms with Gasteiger partial charge in [0.05, 0.1) is 11.7 Å². The Labute approximate surface area is 151 Å². The Morgan fingerprint density at radius 1 is 1.20 bits per heavy atom. The summed E-state index contributed by atoms with van der Waals surface area (Å²) in [6, 6.07) is 2.22. The molecule has 0 saturated heterocycles. The number of nitrogens with zero attached hydrogens (tertiary/aromatic N) is 1. The molecule has 3 heteroatoms. The van der Waals surface area contributed by atoms with Crippen LogP contribution in [0.5, 0.6) is 0 Å². The fraction of sp³-hybridized carbons (Fsp3) is 0.818. The van der Waals surface area contributed by atoms with E-state index in [4.69, 9.17) is 5.26 Å². The molecule has 0 aliphatic heterocycles. The Bertz CT molecular complexity index is 672. The summed E-state index contributed by atoms with van der Waals surface area (Å²) < 4.78 is 0. The average molecular weight is 341 g/mol. The monoisotopic (exact) mass is 341 g/mol. The molecule has 7 unspecified atom stereocenters. The van der Waals surface area contributed by atoms with Crippen molar-refractivity contribution in [1.29, 1.82) is 5.26 Å². The van der Waals surface area contributed by atoms with Crippen molar-refractivity contribution in [2.75, 3.05) is 0 Å². The van der Waals surface area contributed by atoms with Crippen molar-refractivity contribution in [1.82, 2.24) is 0 Å². The van der Waals surface area contributed by atoms with Gasteiger partial charge in [-0.2, -0.15) is 5.26 Å². The highest BCUT2D eigenvalue weighted by molar-refractivity contribution is 5.85. The van der Waals surface area contributed by atoms with Gasteiger partial charge in [0, 0.05) is 18.4 Å². The summed E-state index contributed by atoms with van der Waals surface area (Å²) >= 11 is 0. The highest BCUT2D eigenvalue weighted by Gasteiger charge is 2.62. The Balaban J connectivity index is 1.69. The second kappa shape index (κ2) is 5.43. The maximum atomic E-state index is 13.4. The largest absolute Gasteiger partial charge is 0.390 e. The number of carbonyl (C=O) groups is 1. The molecule has 4 fully saturated rings. The maximum absolute atomic E-state index is 13.4. The van der Waals surface area contributed by atoms with Gasteiger partial charge in [0.2, 0.25) is 0 Å². The molecule has 0 amide bonds. The number of Topliss-reactive ketones (excluding diaryl/α,β-unsaturated/α-hetero) is 1. The summed E-state index contributed by atoms with van der Waals surface area (Å²) in [5.74, 6) is 2.10.